The monoisotopic (exact) mass is 479 g/mol. The molecule has 178 valence electrons. The molecule has 2 aliphatic heterocycles. The average Bonchev–Trinajstić information content (AvgIpc) is 3.46. The zero-order chi connectivity index (χ0) is 23.7. The van der Waals surface area contributed by atoms with Crippen LogP contribution in [0.15, 0.2) is 48.8 Å². The van der Waals surface area contributed by atoms with Gasteiger partial charge >= 0.3 is 0 Å². The molecule has 1 saturated carbocycles. The summed E-state index contributed by atoms with van der Waals surface area (Å²) in [5.41, 5.74) is 0.616. The minimum Gasteiger partial charge on any atom is -0.343 e. The number of imide groups is 1. The molecule has 6 nitrogen and oxygen atoms in total. The Bertz CT molecular complexity index is 1080. The SMILES string of the molecule is O=C(CC1(c2ccccc2Cl)CC(=O)N(C2CCCC2)C1=O)N1CCC(c2ccncc2)CC1. The van der Waals surface area contributed by atoms with E-state index in [4.69, 9.17) is 11.6 Å². The van der Waals surface area contributed by atoms with Gasteiger partial charge in [-0.05, 0) is 60.9 Å². The van der Waals surface area contributed by atoms with Gasteiger partial charge in [0.25, 0.3) is 0 Å². The largest absolute Gasteiger partial charge is 0.343 e. The van der Waals surface area contributed by atoms with Crippen molar-refractivity contribution < 1.29 is 14.4 Å². The van der Waals surface area contributed by atoms with Gasteiger partial charge in [0.15, 0.2) is 0 Å². The molecule has 34 heavy (non-hydrogen) atoms. The number of hydrogen-bond donors (Lipinski definition) is 0. The Labute approximate surface area is 205 Å². The van der Waals surface area contributed by atoms with Crippen molar-refractivity contribution >= 4 is 29.3 Å². The van der Waals surface area contributed by atoms with Gasteiger partial charge in [-0.25, -0.2) is 0 Å². The molecule has 0 radical (unpaired) electrons. The minimum atomic E-state index is -1.23. The number of rotatable bonds is 5. The summed E-state index contributed by atoms with van der Waals surface area (Å²) in [7, 11) is 0. The first-order valence-electron chi connectivity index (χ1n) is 12.3. The predicted molar refractivity (Wildman–Crippen MR) is 129 cm³/mol. The number of amides is 3. The van der Waals surface area contributed by atoms with Gasteiger partial charge in [0, 0.05) is 49.4 Å². The number of benzene rings is 1. The van der Waals surface area contributed by atoms with Crippen molar-refractivity contribution in [3.05, 3.63) is 64.9 Å². The average molecular weight is 480 g/mol. The lowest BCUT2D eigenvalue weighted by Crippen LogP contribution is -2.47. The summed E-state index contributed by atoms with van der Waals surface area (Å²) >= 11 is 6.56. The highest BCUT2D eigenvalue weighted by Gasteiger charge is 2.56. The van der Waals surface area contributed by atoms with E-state index in [0.717, 1.165) is 38.5 Å². The van der Waals surface area contributed by atoms with Gasteiger partial charge in [-0.1, -0.05) is 42.6 Å². The Morgan fingerprint density at radius 1 is 1.00 bits per heavy atom. The Kier molecular flexibility index (Phi) is 6.43. The van der Waals surface area contributed by atoms with Crippen molar-refractivity contribution in [1.82, 2.24) is 14.8 Å². The zero-order valence-corrected chi connectivity index (χ0v) is 20.0. The molecule has 0 N–H and O–H groups in total. The fourth-order valence-electron chi connectivity index (χ4n) is 6.06. The smallest absolute Gasteiger partial charge is 0.241 e. The molecule has 2 saturated heterocycles. The second kappa shape index (κ2) is 9.49. The van der Waals surface area contributed by atoms with Crippen molar-refractivity contribution in [3.63, 3.8) is 0 Å². The van der Waals surface area contributed by atoms with Crippen molar-refractivity contribution in [3.8, 4) is 0 Å². The van der Waals surface area contributed by atoms with Gasteiger partial charge in [0.2, 0.25) is 17.7 Å². The van der Waals surface area contributed by atoms with E-state index in [1.54, 1.807) is 30.6 Å². The number of carbonyl (C=O) groups excluding carboxylic acids is 3. The third-order valence-corrected chi connectivity index (χ3v) is 8.24. The van der Waals surface area contributed by atoms with Crippen LogP contribution in [0.25, 0.3) is 0 Å². The zero-order valence-electron chi connectivity index (χ0n) is 19.3. The maximum Gasteiger partial charge on any atom is 0.241 e. The maximum atomic E-state index is 13.9. The van der Waals surface area contributed by atoms with Crippen LogP contribution in [-0.4, -0.2) is 51.6 Å². The van der Waals surface area contributed by atoms with Gasteiger partial charge in [-0.2, -0.15) is 0 Å². The Balaban J connectivity index is 1.38. The van der Waals surface area contributed by atoms with Gasteiger partial charge in [-0.3, -0.25) is 24.3 Å². The summed E-state index contributed by atoms with van der Waals surface area (Å²) in [6.07, 6.45) is 9.05. The lowest BCUT2D eigenvalue weighted by molar-refractivity contribution is -0.145. The molecule has 7 heteroatoms. The fourth-order valence-corrected chi connectivity index (χ4v) is 6.37. The summed E-state index contributed by atoms with van der Waals surface area (Å²) in [6.45, 7) is 1.28. The molecule has 1 aliphatic carbocycles. The van der Waals surface area contributed by atoms with Crippen molar-refractivity contribution in [2.24, 2.45) is 0 Å². The highest BCUT2D eigenvalue weighted by molar-refractivity contribution is 6.32. The normalized spacial score (nSPS) is 24.3. The number of aromatic nitrogens is 1. The van der Waals surface area contributed by atoms with Gasteiger partial charge in [0.1, 0.15) is 0 Å². The molecule has 3 aliphatic rings. The van der Waals surface area contributed by atoms with E-state index in [2.05, 4.69) is 4.98 Å². The molecule has 0 spiro atoms. The van der Waals surface area contributed by atoms with Crippen LogP contribution in [-0.2, 0) is 19.8 Å². The molecule has 3 heterocycles. The van der Waals surface area contributed by atoms with E-state index in [1.165, 1.54) is 10.5 Å². The first-order valence-corrected chi connectivity index (χ1v) is 12.7. The van der Waals surface area contributed by atoms with Gasteiger partial charge in [0.05, 0.1) is 5.41 Å². The first-order chi connectivity index (χ1) is 16.5. The second-order valence-corrected chi connectivity index (χ2v) is 10.3. The fraction of sp³-hybridized carbons (Fsp3) is 0.481. The molecule has 5 rings (SSSR count). The van der Waals surface area contributed by atoms with Crippen molar-refractivity contribution in [1.29, 1.82) is 0 Å². The molecule has 0 bridgehead atoms. The van der Waals surface area contributed by atoms with E-state index in [-0.39, 0.29) is 36.6 Å². The highest BCUT2D eigenvalue weighted by atomic mass is 35.5. The summed E-state index contributed by atoms with van der Waals surface area (Å²) < 4.78 is 0. The van der Waals surface area contributed by atoms with Crippen LogP contribution in [0.2, 0.25) is 5.02 Å². The predicted octanol–water partition coefficient (Wildman–Crippen LogP) is 4.47. The molecule has 3 amide bonds. The van der Waals surface area contributed by atoms with Crippen LogP contribution >= 0.6 is 11.6 Å². The number of pyridine rings is 1. The Hall–Kier alpha value is -2.73. The molecular weight excluding hydrogens is 450 g/mol. The lowest BCUT2D eigenvalue weighted by Gasteiger charge is -2.35. The van der Waals surface area contributed by atoms with E-state index in [0.29, 0.717) is 29.6 Å². The number of piperidine rings is 1. The van der Waals surface area contributed by atoms with Crippen LogP contribution in [0.5, 0.6) is 0 Å². The van der Waals surface area contributed by atoms with Crippen molar-refractivity contribution in [2.75, 3.05) is 13.1 Å². The minimum absolute atomic E-state index is 0.00525. The topological polar surface area (TPSA) is 70.6 Å². The van der Waals surface area contributed by atoms with Crippen LogP contribution in [0.3, 0.4) is 0 Å². The number of halogens is 1. The standard InChI is InChI=1S/C27H30ClN3O3/c28-23-8-4-3-7-22(23)27(18-25(33)31(26(27)34)21-5-1-2-6-21)17-24(32)30-15-11-20(12-16-30)19-9-13-29-14-10-19/h3-4,7-10,13-14,20-21H,1-2,5-6,11-12,15-18H2. The summed E-state index contributed by atoms with van der Waals surface area (Å²) in [4.78, 5) is 48.0. The van der Waals surface area contributed by atoms with E-state index >= 15 is 0 Å². The number of hydrogen-bond acceptors (Lipinski definition) is 4. The lowest BCUT2D eigenvalue weighted by atomic mass is 9.75. The number of carbonyl (C=O) groups is 3. The first kappa shape index (κ1) is 23.0. The highest BCUT2D eigenvalue weighted by Crippen LogP contribution is 2.45. The molecular formula is C27H30ClN3O3. The summed E-state index contributed by atoms with van der Waals surface area (Å²) in [5, 5.41) is 0.432. The summed E-state index contributed by atoms with van der Waals surface area (Å²) in [6, 6.07) is 11.2. The van der Waals surface area contributed by atoms with Crippen molar-refractivity contribution in [2.45, 2.75) is 68.7 Å². The number of nitrogens with zero attached hydrogens (tertiary/aromatic N) is 3. The third kappa shape index (κ3) is 4.13. The van der Waals surface area contributed by atoms with E-state index in [1.807, 2.05) is 23.1 Å². The quantitative estimate of drug-likeness (QED) is 0.593. The number of likely N-dealkylation sites (tertiary alicyclic amines) is 2. The Morgan fingerprint density at radius 2 is 1.68 bits per heavy atom. The molecule has 1 aromatic carbocycles. The van der Waals surface area contributed by atoms with Crippen LogP contribution in [0.1, 0.15) is 68.4 Å². The van der Waals surface area contributed by atoms with E-state index < -0.39 is 5.41 Å². The third-order valence-electron chi connectivity index (χ3n) is 7.91. The van der Waals surface area contributed by atoms with Crippen LogP contribution < -0.4 is 0 Å². The van der Waals surface area contributed by atoms with Crippen LogP contribution in [0, 0.1) is 0 Å². The molecule has 1 aromatic heterocycles. The molecule has 2 aromatic rings. The molecule has 3 fully saturated rings. The van der Waals surface area contributed by atoms with Crippen LogP contribution in [0.4, 0.5) is 0 Å². The second-order valence-electron chi connectivity index (χ2n) is 9.86. The van der Waals surface area contributed by atoms with Gasteiger partial charge in [-0.15, -0.1) is 0 Å². The maximum absolute atomic E-state index is 13.9. The molecule has 1 atom stereocenters. The Morgan fingerprint density at radius 3 is 2.35 bits per heavy atom. The van der Waals surface area contributed by atoms with E-state index in [9.17, 15) is 14.4 Å². The van der Waals surface area contributed by atoms with Gasteiger partial charge < -0.3 is 4.90 Å². The molecule has 1 unspecified atom stereocenters. The summed E-state index contributed by atoms with van der Waals surface area (Å²) in [5.74, 6) is -0.113.